The zero-order chi connectivity index (χ0) is 21.0. The molecule has 150 valence electrons. The summed E-state index contributed by atoms with van der Waals surface area (Å²) in [5.41, 5.74) is 1.59. The molecule has 1 amide bonds. The van der Waals surface area contributed by atoms with E-state index in [0.717, 1.165) is 34.1 Å². The van der Waals surface area contributed by atoms with Gasteiger partial charge in [0.05, 0.1) is 21.3 Å². The van der Waals surface area contributed by atoms with Crippen molar-refractivity contribution in [2.75, 3.05) is 16.2 Å². The van der Waals surface area contributed by atoms with Crippen LogP contribution in [0.3, 0.4) is 0 Å². The highest BCUT2D eigenvalue weighted by atomic mass is 35.5. The van der Waals surface area contributed by atoms with Crippen LogP contribution in [0.1, 0.15) is 5.56 Å². The molecule has 0 unspecified atom stereocenters. The van der Waals surface area contributed by atoms with E-state index in [9.17, 15) is 17.6 Å². The summed E-state index contributed by atoms with van der Waals surface area (Å²) in [5, 5.41) is 2.99. The number of rotatable bonds is 6. The summed E-state index contributed by atoms with van der Waals surface area (Å²) in [6, 6.07) is 17.8. The van der Waals surface area contributed by atoms with Crippen LogP contribution in [-0.2, 0) is 14.8 Å². The molecule has 1 N–H and O–H groups in total. The zero-order valence-corrected chi connectivity index (χ0v) is 17.0. The number of aryl methyl sites for hydroxylation is 1. The predicted octanol–water partition coefficient (Wildman–Crippen LogP) is 4.62. The number of benzene rings is 3. The van der Waals surface area contributed by atoms with Crippen molar-refractivity contribution in [1.29, 1.82) is 0 Å². The third kappa shape index (κ3) is 4.93. The lowest BCUT2D eigenvalue weighted by molar-refractivity contribution is -0.114. The molecule has 3 aromatic carbocycles. The number of anilines is 2. The van der Waals surface area contributed by atoms with Gasteiger partial charge >= 0.3 is 0 Å². The van der Waals surface area contributed by atoms with Crippen LogP contribution < -0.4 is 9.62 Å². The quantitative estimate of drug-likeness (QED) is 0.618. The monoisotopic (exact) mass is 432 g/mol. The molecular formula is C21H18ClFN2O3S. The first-order valence-corrected chi connectivity index (χ1v) is 10.5. The van der Waals surface area contributed by atoms with Crippen LogP contribution in [0.25, 0.3) is 0 Å². The van der Waals surface area contributed by atoms with E-state index in [1.165, 1.54) is 0 Å². The van der Waals surface area contributed by atoms with E-state index in [4.69, 9.17) is 11.6 Å². The lowest BCUT2D eigenvalue weighted by Crippen LogP contribution is -2.38. The average Bonchev–Trinajstić information content (AvgIpc) is 2.70. The molecule has 29 heavy (non-hydrogen) atoms. The Morgan fingerprint density at radius 2 is 1.69 bits per heavy atom. The fraction of sp³-hybridized carbons (Fsp3) is 0.0952. The van der Waals surface area contributed by atoms with Crippen LogP contribution >= 0.6 is 11.6 Å². The number of nitrogens with zero attached hydrogens (tertiary/aromatic N) is 1. The van der Waals surface area contributed by atoms with Crippen LogP contribution in [0.5, 0.6) is 0 Å². The highest BCUT2D eigenvalue weighted by molar-refractivity contribution is 7.92. The van der Waals surface area contributed by atoms with Crippen molar-refractivity contribution < 1.29 is 17.6 Å². The van der Waals surface area contributed by atoms with Gasteiger partial charge < -0.3 is 5.32 Å². The van der Waals surface area contributed by atoms with E-state index in [1.54, 1.807) is 48.5 Å². The molecule has 5 nitrogen and oxygen atoms in total. The van der Waals surface area contributed by atoms with Gasteiger partial charge in [0.2, 0.25) is 5.91 Å². The summed E-state index contributed by atoms with van der Waals surface area (Å²) in [4.78, 5) is 12.5. The molecule has 0 aliphatic heterocycles. The van der Waals surface area contributed by atoms with Crippen molar-refractivity contribution in [2.24, 2.45) is 0 Å². The number of hydrogen-bond acceptors (Lipinski definition) is 3. The van der Waals surface area contributed by atoms with E-state index < -0.39 is 28.3 Å². The number of hydrogen-bond donors (Lipinski definition) is 1. The minimum atomic E-state index is -4.10. The molecule has 0 spiro atoms. The molecule has 0 bridgehead atoms. The zero-order valence-electron chi connectivity index (χ0n) is 15.5. The number of amides is 1. The second-order valence-electron chi connectivity index (χ2n) is 6.33. The molecule has 0 aliphatic rings. The Balaban J connectivity index is 1.93. The van der Waals surface area contributed by atoms with Gasteiger partial charge in [-0.1, -0.05) is 35.9 Å². The normalized spacial score (nSPS) is 11.1. The van der Waals surface area contributed by atoms with Crippen LogP contribution in [-0.4, -0.2) is 20.9 Å². The maximum atomic E-state index is 13.2. The Kier molecular flexibility index (Phi) is 6.20. The molecule has 8 heteroatoms. The number of sulfonamides is 1. The van der Waals surface area contributed by atoms with Crippen molar-refractivity contribution in [2.45, 2.75) is 11.8 Å². The van der Waals surface area contributed by atoms with Crippen molar-refractivity contribution >= 4 is 38.9 Å². The van der Waals surface area contributed by atoms with Gasteiger partial charge in [0.15, 0.2) is 0 Å². The Hall–Kier alpha value is -2.90. The maximum Gasteiger partial charge on any atom is 0.264 e. The van der Waals surface area contributed by atoms with Crippen LogP contribution in [0.4, 0.5) is 15.8 Å². The highest BCUT2D eigenvalue weighted by Gasteiger charge is 2.27. The van der Waals surface area contributed by atoms with Gasteiger partial charge in [0, 0.05) is 0 Å². The Bertz CT molecular complexity index is 1120. The molecule has 0 atom stereocenters. The smallest absolute Gasteiger partial charge is 0.264 e. The average molecular weight is 433 g/mol. The Morgan fingerprint density at radius 1 is 1.03 bits per heavy atom. The van der Waals surface area contributed by atoms with Crippen molar-refractivity contribution in [1.82, 2.24) is 0 Å². The summed E-state index contributed by atoms with van der Waals surface area (Å²) < 4.78 is 40.5. The van der Waals surface area contributed by atoms with E-state index >= 15 is 0 Å². The van der Waals surface area contributed by atoms with Gasteiger partial charge in [-0.2, -0.15) is 0 Å². The molecular weight excluding hydrogens is 415 g/mol. The molecule has 0 aliphatic carbocycles. The third-order valence-corrected chi connectivity index (χ3v) is 6.25. The van der Waals surface area contributed by atoms with Gasteiger partial charge in [-0.05, 0) is 61.0 Å². The van der Waals surface area contributed by atoms with E-state index in [1.807, 2.05) is 6.92 Å². The molecule has 0 saturated heterocycles. The summed E-state index contributed by atoms with van der Waals surface area (Å²) in [5.74, 6) is -1.12. The summed E-state index contributed by atoms with van der Waals surface area (Å²) in [7, 11) is -4.10. The maximum absolute atomic E-state index is 13.2. The first-order valence-electron chi connectivity index (χ1n) is 8.67. The largest absolute Gasteiger partial charge is 0.323 e. The lowest BCUT2D eigenvalue weighted by atomic mass is 10.2. The molecule has 0 radical (unpaired) electrons. The summed E-state index contributed by atoms with van der Waals surface area (Å²) >= 11 is 6.11. The third-order valence-electron chi connectivity index (χ3n) is 4.13. The minimum Gasteiger partial charge on any atom is -0.323 e. The Morgan fingerprint density at radius 3 is 2.34 bits per heavy atom. The fourth-order valence-corrected chi connectivity index (χ4v) is 4.28. The molecule has 3 rings (SSSR count). The van der Waals surface area contributed by atoms with Crippen LogP contribution in [0, 0.1) is 12.7 Å². The van der Waals surface area contributed by atoms with E-state index in [0.29, 0.717) is 16.4 Å². The van der Waals surface area contributed by atoms with Crippen molar-refractivity contribution in [3.05, 3.63) is 89.2 Å². The second kappa shape index (κ2) is 8.63. The second-order valence-corrected chi connectivity index (χ2v) is 8.60. The SMILES string of the molecule is Cc1ccc(Cl)c(NC(=O)CN(c2ccccc2)S(=O)(=O)c2ccc(F)cc2)c1. The molecule has 0 heterocycles. The van der Waals surface area contributed by atoms with Gasteiger partial charge in [0.25, 0.3) is 10.0 Å². The molecule has 0 saturated carbocycles. The van der Waals surface area contributed by atoms with Crippen molar-refractivity contribution in [3.63, 3.8) is 0 Å². The standard InChI is InChI=1S/C21H18ClFN2O3S/c1-15-7-12-19(22)20(13-15)24-21(26)14-25(17-5-3-2-4-6-17)29(27,28)18-10-8-16(23)9-11-18/h2-13H,14H2,1H3,(H,24,26). The van der Waals surface area contributed by atoms with Gasteiger partial charge in [0.1, 0.15) is 12.4 Å². The number of para-hydroxylation sites is 1. The minimum absolute atomic E-state index is 0.121. The van der Waals surface area contributed by atoms with Gasteiger partial charge in [-0.15, -0.1) is 0 Å². The number of halogens is 2. The van der Waals surface area contributed by atoms with E-state index in [-0.39, 0.29) is 4.90 Å². The predicted molar refractivity (Wildman–Crippen MR) is 112 cm³/mol. The number of carbonyl (C=O) groups is 1. The first kappa shape index (κ1) is 20.8. The molecule has 0 fully saturated rings. The summed E-state index contributed by atoms with van der Waals surface area (Å²) in [6.45, 7) is 1.37. The van der Waals surface area contributed by atoms with Crippen molar-refractivity contribution in [3.8, 4) is 0 Å². The van der Waals surface area contributed by atoms with Crippen LogP contribution in [0.2, 0.25) is 5.02 Å². The highest BCUT2D eigenvalue weighted by Crippen LogP contribution is 2.25. The number of carbonyl (C=O) groups excluding carboxylic acids is 1. The first-order chi connectivity index (χ1) is 13.8. The molecule has 0 aromatic heterocycles. The Labute approximate surface area is 173 Å². The summed E-state index contributed by atoms with van der Waals surface area (Å²) in [6.07, 6.45) is 0. The molecule has 3 aromatic rings. The topological polar surface area (TPSA) is 66.5 Å². The fourth-order valence-electron chi connectivity index (χ4n) is 2.70. The van der Waals surface area contributed by atoms with E-state index in [2.05, 4.69) is 5.32 Å². The van der Waals surface area contributed by atoms with Crippen LogP contribution in [0.15, 0.2) is 77.7 Å². The van der Waals surface area contributed by atoms with Gasteiger partial charge in [-0.3, -0.25) is 9.10 Å². The lowest BCUT2D eigenvalue weighted by Gasteiger charge is -2.24. The number of nitrogens with one attached hydrogen (secondary N) is 1. The van der Waals surface area contributed by atoms with Gasteiger partial charge in [-0.25, -0.2) is 12.8 Å².